The Morgan fingerprint density at radius 3 is 2.94 bits per heavy atom. The highest BCUT2D eigenvalue weighted by Gasteiger charge is 2.09. The topological polar surface area (TPSA) is 41.5 Å². The van der Waals surface area contributed by atoms with E-state index in [4.69, 9.17) is 21.4 Å². The summed E-state index contributed by atoms with van der Waals surface area (Å²) in [5.41, 5.74) is 0.700. The van der Waals surface area contributed by atoms with Gasteiger partial charge in [-0.15, -0.1) is 0 Å². The second-order valence-electron chi connectivity index (χ2n) is 3.78. The van der Waals surface area contributed by atoms with Gasteiger partial charge in [-0.3, -0.25) is 0 Å². The molecule has 2 N–H and O–H groups in total. The van der Waals surface area contributed by atoms with E-state index in [1.807, 2.05) is 0 Å². The average Bonchev–Trinajstić information content (AvgIpc) is 2.30. The standard InChI is InChI=1S/C12H17ClFNO2/c1-17-8-11(4-5-16)15-7-9-6-10(14)2-3-12(9)13/h2-3,6,11,15-16H,4-5,7-8H2,1H3. The molecule has 0 aromatic heterocycles. The molecule has 0 bridgehead atoms. The average molecular weight is 262 g/mol. The number of halogens is 2. The molecule has 96 valence electrons. The van der Waals surface area contributed by atoms with E-state index in [-0.39, 0.29) is 18.5 Å². The van der Waals surface area contributed by atoms with Crippen molar-refractivity contribution >= 4 is 11.6 Å². The van der Waals surface area contributed by atoms with Crippen LogP contribution >= 0.6 is 11.6 Å². The lowest BCUT2D eigenvalue weighted by Crippen LogP contribution is -2.33. The number of benzene rings is 1. The molecular weight excluding hydrogens is 245 g/mol. The molecule has 3 nitrogen and oxygen atoms in total. The fourth-order valence-electron chi connectivity index (χ4n) is 1.53. The summed E-state index contributed by atoms with van der Waals surface area (Å²) < 4.78 is 18.0. The lowest BCUT2D eigenvalue weighted by molar-refractivity contribution is 0.148. The van der Waals surface area contributed by atoms with Crippen LogP contribution in [0, 0.1) is 5.82 Å². The first-order chi connectivity index (χ1) is 8.17. The monoisotopic (exact) mass is 261 g/mol. The first kappa shape index (κ1) is 14.4. The normalized spacial score (nSPS) is 12.7. The van der Waals surface area contributed by atoms with E-state index >= 15 is 0 Å². The second kappa shape index (κ2) is 7.61. The Balaban J connectivity index is 2.55. The van der Waals surface area contributed by atoms with Gasteiger partial charge in [0.15, 0.2) is 0 Å². The summed E-state index contributed by atoms with van der Waals surface area (Å²) in [6.07, 6.45) is 0.584. The number of aliphatic hydroxyl groups excluding tert-OH is 1. The Morgan fingerprint density at radius 1 is 1.53 bits per heavy atom. The van der Waals surface area contributed by atoms with Gasteiger partial charge in [0, 0.05) is 31.3 Å². The van der Waals surface area contributed by atoms with Gasteiger partial charge in [0.05, 0.1) is 6.61 Å². The fraction of sp³-hybridized carbons (Fsp3) is 0.500. The van der Waals surface area contributed by atoms with Gasteiger partial charge in [0.25, 0.3) is 0 Å². The lowest BCUT2D eigenvalue weighted by Gasteiger charge is -2.17. The zero-order valence-corrected chi connectivity index (χ0v) is 10.5. The summed E-state index contributed by atoms with van der Waals surface area (Å²) in [5.74, 6) is -0.309. The number of hydrogen-bond donors (Lipinski definition) is 2. The van der Waals surface area contributed by atoms with Crippen molar-refractivity contribution in [3.05, 3.63) is 34.6 Å². The van der Waals surface area contributed by atoms with E-state index in [0.29, 0.717) is 30.2 Å². The maximum atomic E-state index is 13.0. The van der Waals surface area contributed by atoms with Gasteiger partial charge in [-0.05, 0) is 30.2 Å². The third-order valence-electron chi connectivity index (χ3n) is 2.43. The Hall–Kier alpha value is -0.680. The van der Waals surface area contributed by atoms with Crippen molar-refractivity contribution in [2.24, 2.45) is 0 Å². The molecule has 0 aliphatic carbocycles. The highest BCUT2D eigenvalue weighted by molar-refractivity contribution is 6.31. The number of hydrogen-bond acceptors (Lipinski definition) is 3. The van der Waals surface area contributed by atoms with Crippen LogP contribution in [0.5, 0.6) is 0 Å². The summed E-state index contributed by atoms with van der Waals surface area (Å²) in [7, 11) is 1.60. The molecule has 5 heteroatoms. The molecule has 0 aliphatic rings. The van der Waals surface area contributed by atoms with Crippen LogP contribution in [0.2, 0.25) is 5.02 Å². The predicted octanol–water partition coefficient (Wildman–Crippen LogP) is 1.97. The fourth-order valence-corrected chi connectivity index (χ4v) is 1.72. The maximum absolute atomic E-state index is 13.0. The van der Waals surface area contributed by atoms with Crippen molar-refractivity contribution in [3.63, 3.8) is 0 Å². The van der Waals surface area contributed by atoms with Crippen LogP contribution in [0.4, 0.5) is 4.39 Å². The third-order valence-corrected chi connectivity index (χ3v) is 2.80. The first-order valence-corrected chi connectivity index (χ1v) is 5.82. The molecule has 0 radical (unpaired) electrons. The van der Waals surface area contributed by atoms with Gasteiger partial charge < -0.3 is 15.2 Å². The minimum atomic E-state index is -0.309. The molecule has 0 saturated heterocycles. The quantitative estimate of drug-likeness (QED) is 0.789. The second-order valence-corrected chi connectivity index (χ2v) is 4.19. The number of ether oxygens (including phenoxy) is 1. The molecule has 0 aliphatic heterocycles. The van der Waals surface area contributed by atoms with Crippen LogP contribution in [-0.2, 0) is 11.3 Å². The van der Waals surface area contributed by atoms with E-state index in [9.17, 15) is 4.39 Å². The summed E-state index contributed by atoms with van der Waals surface area (Å²) in [6, 6.07) is 4.29. The molecule has 0 heterocycles. The Bertz CT molecular complexity index is 343. The highest BCUT2D eigenvalue weighted by Crippen LogP contribution is 2.17. The van der Waals surface area contributed by atoms with E-state index in [2.05, 4.69) is 5.32 Å². The van der Waals surface area contributed by atoms with Crippen molar-refractivity contribution in [1.29, 1.82) is 0 Å². The van der Waals surface area contributed by atoms with Gasteiger partial charge >= 0.3 is 0 Å². The molecule has 1 rings (SSSR count). The van der Waals surface area contributed by atoms with E-state index in [0.717, 1.165) is 0 Å². The molecule has 0 fully saturated rings. The summed E-state index contributed by atoms with van der Waals surface area (Å²) in [5, 5.41) is 12.6. The first-order valence-electron chi connectivity index (χ1n) is 5.44. The zero-order valence-electron chi connectivity index (χ0n) is 9.75. The smallest absolute Gasteiger partial charge is 0.123 e. The van der Waals surface area contributed by atoms with E-state index in [1.54, 1.807) is 7.11 Å². The minimum absolute atomic E-state index is 0.0318. The molecule has 1 unspecified atom stereocenters. The van der Waals surface area contributed by atoms with E-state index < -0.39 is 0 Å². The van der Waals surface area contributed by atoms with Crippen LogP contribution in [0.3, 0.4) is 0 Å². The summed E-state index contributed by atoms with van der Waals surface area (Å²) >= 11 is 5.95. The van der Waals surface area contributed by atoms with Gasteiger partial charge in [0.1, 0.15) is 5.82 Å². The van der Waals surface area contributed by atoms with Gasteiger partial charge in [-0.1, -0.05) is 11.6 Å². The highest BCUT2D eigenvalue weighted by atomic mass is 35.5. The van der Waals surface area contributed by atoms with Crippen LogP contribution in [0.15, 0.2) is 18.2 Å². The molecule has 0 amide bonds. The number of aliphatic hydroxyl groups is 1. The minimum Gasteiger partial charge on any atom is -0.396 e. The number of nitrogens with one attached hydrogen (secondary N) is 1. The van der Waals surface area contributed by atoms with Crippen molar-refractivity contribution in [1.82, 2.24) is 5.32 Å². The molecule has 0 spiro atoms. The van der Waals surface area contributed by atoms with Crippen LogP contribution in [0.1, 0.15) is 12.0 Å². The van der Waals surface area contributed by atoms with Gasteiger partial charge in [-0.25, -0.2) is 4.39 Å². The lowest BCUT2D eigenvalue weighted by atomic mass is 10.2. The zero-order chi connectivity index (χ0) is 12.7. The Kier molecular flexibility index (Phi) is 6.44. The van der Waals surface area contributed by atoms with Crippen molar-refractivity contribution in [3.8, 4) is 0 Å². The van der Waals surface area contributed by atoms with Gasteiger partial charge in [0.2, 0.25) is 0 Å². The maximum Gasteiger partial charge on any atom is 0.123 e. The summed E-state index contributed by atoms with van der Waals surface area (Å²) in [6.45, 7) is 1.02. The van der Waals surface area contributed by atoms with E-state index in [1.165, 1.54) is 18.2 Å². The van der Waals surface area contributed by atoms with Crippen molar-refractivity contribution in [2.45, 2.75) is 19.0 Å². The van der Waals surface area contributed by atoms with Crippen molar-refractivity contribution in [2.75, 3.05) is 20.3 Å². The van der Waals surface area contributed by atoms with Crippen LogP contribution in [0.25, 0.3) is 0 Å². The molecule has 1 aromatic rings. The Labute approximate surface area is 106 Å². The van der Waals surface area contributed by atoms with Gasteiger partial charge in [-0.2, -0.15) is 0 Å². The van der Waals surface area contributed by atoms with Crippen LogP contribution < -0.4 is 5.32 Å². The number of methoxy groups -OCH3 is 1. The molecule has 0 saturated carbocycles. The number of rotatable bonds is 7. The largest absolute Gasteiger partial charge is 0.396 e. The summed E-state index contributed by atoms with van der Waals surface area (Å²) in [4.78, 5) is 0. The molecule has 17 heavy (non-hydrogen) atoms. The molecular formula is C12H17ClFNO2. The SMILES string of the molecule is COCC(CCO)NCc1cc(F)ccc1Cl. The Morgan fingerprint density at radius 2 is 2.29 bits per heavy atom. The van der Waals surface area contributed by atoms with Crippen molar-refractivity contribution < 1.29 is 14.2 Å². The third kappa shape index (κ3) is 5.00. The predicted molar refractivity (Wildman–Crippen MR) is 65.6 cm³/mol. The van der Waals surface area contributed by atoms with Crippen LogP contribution in [-0.4, -0.2) is 31.5 Å². The molecule has 1 atom stereocenters. The molecule has 1 aromatic carbocycles.